The second kappa shape index (κ2) is 4.79. The van der Waals surface area contributed by atoms with Crippen LogP contribution in [0.1, 0.15) is 58.8 Å². The number of rotatable bonds is 3. The third kappa shape index (κ3) is 3.27. The highest BCUT2D eigenvalue weighted by atomic mass is 14.2. The third-order valence-electron chi connectivity index (χ3n) is 3.10. The summed E-state index contributed by atoms with van der Waals surface area (Å²) in [6.07, 6.45) is 10.4. The van der Waals surface area contributed by atoms with Gasteiger partial charge in [-0.3, -0.25) is 0 Å². The minimum atomic E-state index is 1.02. The van der Waals surface area contributed by atoms with Crippen molar-refractivity contribution in [1.82, 2.24) is 0 Å². The molecule has 0 aromatic rings. The van der Waals surface area contributed by atoms with E-state index in [-0.39, 0.29) is 0 Å². The maximum absolute atomic E-state index is 2.40. The average Bonchev–Trinajstić information content (AvgIpc) is 2.04. The molecule has 0 nitrogen and oxygen atoms in total. The van der Waals surface area contributed by atoms with Crippen LogP contribution < -0.4 is 0 Å². The summed E-state index contributed by atoms with van der Waals surface area (Å²) in [5, 5.41) is 0. The van der Waals surface area contributed by atoms with E-state index in [1.807, 2.05) is 0 Å². The van der Waals surface area contributed by atoms with E-state index in [1.165, 1.54) is 44.9 Å². The van der Waals surface area contributed by atoms with Gasteiger partial charge in [-0.05, 0) is 11.8 Å². The highest BCUT2D eigenvalue weighted by molar-refractivity contribution is 4.69. The highest BCUT2D eigenvalue weighted by Gasteiger charge is 2.16. The van der Waals surface area contributed by atoms with Gasteiger partial charge in [0.25, 0.3) is 0 Å². The summed E-state index contributed by atoms with van der Waals surface area (Å²) in [5.74, 6) is 2.11. The SMILES string of the molecule is CCCCC1CCC(C)CC1. The van der Waals surface area contributed by atoms with Gasteiger partial charge >= 0.3 is 0 Å². The summed E-state index contributed by atoms with van der Waals surface area (Å²) in [7, 11) is 0. The first-order chi connectivity index (χ1) is 5.33. The summed E-state index contributed by atoms with van der Waals surface area (Å²) in [6, 6.07) is 0. The second-order valence-corrected chi connectivity index (χ2v) is 4.27. The van der Waals surface area contributed by atoms with Gasteiger partial charge in [0.05, 0.1) is 0 Å². The normalized spacial score (nSPS) is 32.2. The molecule has 1 fully saturated rings. The van der Waals surface area contributed by atoms with Crippen LogP contribution in [0.5, 0.6) is 0 Å². The van der Waals surface area contributed by atoms with Crippen molar-refractivity contribution in [2.45, 2.75) is 58.8 Å². The molecule has 0 bridgehead atoms. The van der Waals surface area contributed by atoms with Crippen LogP contribution in [-0.4, -0.2) is 0 Å². The molecule has 1 aliphatic carbocycles. The van der Waals surface area contributed by atoms with Crippen LogP contribution in [0, 0.1) is 11.8 Å². The molecular weight excluding hydrogens is 132 g/mol. The Morgan fingerprint density at radius 2 is 1.73 bits per heavy atom. The molecule has 1 aliphatic rings. The molecule has 1 saturated carbocycles. The van der Waals surface area contributed by atoms with Gasteiger partial charge in [0.1, 0.15) is 0 Å². The van der Waals surface area contributed by atoms with Crippen molar-refractivity contribution < 1.29 is 0 Å². The minimum Gasteiger partial charge on any atom is -0.0654 e. The van der Waals surface area contributed by atoms with E-state index >= 15 is 0 Å². The summed E-state index contributed by atoms with van der Waals surface area (Å²) >= 11 is 0. The quantitative estimate of drug-likeness (QED) is 0.576. The zero-order chi connectivity index (χ0) is 8.10. The molecule has 0 unspecified atom stereocenters. The molecular formula is C11H22. The molecule has 0 radical (unpaired) electrons. The Bertz CT molecular complexity index is 85.5. The largest absolute Gasteiger partial charge is 0.0654 e. The predicted octanol–water partition coefficient (Wildman–Crippen LogP) is 4.00. The Hall–Kier alpha value is 0. The predicted molar refractivity (Wildman–Crippen MR) is 50.6 cm³/mol. The second-order valence-electron chi connectivity index (χ2n) is 4.27. The Kier molecular flexibility index (Phi) is 3.96. The van der Waals surface area contributed by atoms with E-state index in [0.717, 1.165) is 11.8 Å². The Balaban J connectivity index is 2.07. The molecule has 1 rings (SSSR count). The molecule has 0 spiro atoms. The summed E-state index contributed by atoms with van der Waals surface area (Å²) in [6.45, 7) is 4.70. The van der Waals surface area contributed by atoms with Gasteiger partial charge in [-0.25, -0.2) is 0 Å². The van der Waals surface area contributed by atoms with E-state index in [4.69, 9.17) is 0 Å². The smallest absolute Gasteiger partial charge is 0.0414 e. The van der Waals surface area contributed by atoms with Gasteiger partial charge < -0.3 is 0 Å². The number of unbranched alkanes of at least 4 members (excludes halogenated alkanes) is 1. The van der Waals surface area contributed by atoms with Gasteiger partial charge in [0.2, 0.25) is 0 Å². The highest BCUT2D eigenvalue weighted by Crippen LogP contribution is 2.31. The minimum absolute atomic E-state index is 1.02. The van der Waals surface area contributed by atoms with Crippen molar-refractivity contribution in [1.29, 1.82) is 0 Å². The lowest BCUT2D eigenvalue weighted by Gasteiger charge is -2.25. The summed E-state index contributed by atoms with van der Waals surface area (Å²) in [4.78, 5) is 0. The lowest BCUT2D eigenvalue weighted by molar-refractivity contribution is 0.273. The van der Waals surface area contributed by atoms with Crippen LogP contribution in [0.2, 0.25) is 0 Å². The maximum Gasteiger partial charge on any atom is -0.0414 e. The van der Waals surface area contributed by atoms with Crippen molar-refractivity contribution in [3.8, 4) is 0 Å². The Morgan fingerprint density at radius 3 is 2.27 bits per heavy atom. The van der Waals surface area contributed by atoms with Crippen molar-refractivity contribution in [3.63, 3.8) is 0 Å². The van der Waals surface area contributed by atoms with Crippen LogP contribution in [-0.2, 0) is 0 Å². The van der Waals surface area contributed by atoms with E-state index in [2.05, 4.69) is 13.8 Å². The fourth-order valence-corrected chi connectivity index (χ4v) is 2.11. The number of hydrogen-bond donors (Lipinski definition) is 0. The van der Waals surface area contributed by atoms with E-state index in [9.17, 15) is 0 Å². The van der Waals surface area contributed by atoms with E-state index < -0.39 is 0 Å². The molecule has 0 amide bonds. The first kappa shape index (κ1) is 9.09. The van der Waals surface area contributed by atoms with E-state index in [1.54, 1.807) is 0 Å². The monoisotopic (exact) mass is 154 g/mol. The first-order valence-corrected chi connectivity index (χ1v) is 5.33. The molecule has 0 heterocycles. The van der Waals surface area contributed by atoms with Crippen LogP contribution in [0.25, 0.3) is 0 Å². The van der Waals surface area contributed by atoms with Crippen molar-refractivity contribution >= 4 is 0 Å². The van der Waals surface area contributed by atoms with Crippen LogP contribution in [0.4, 0.5) is 0 Å². The molecule has 66 valence electrons. The molecule has 0 saturated heterocycles. The lowest BCUT2D eigenvalue weighted by Crippen LogP contribution is -2.11. The zero-order valence-corrected chi connectivity index (χ0v) is 8.10. The molecule has 0 aliphatic heterocycles. The van der Waals surface area contributed by atoms with Crippen LogP contribution in [0.3, 0.4) is 0 Å². The molecule has 11 heavy (non-hydrogen) atoms. The molecule has 0 N–H and O–H groups in total. The summed E-state index contributed by atoms with van der Waals surface area (Å²) in [5.41, 5.74) is 0. The number of hydrogen-bond acceptors (Lipinski definition) is 0. The van der Waals surface area contributed by atoms with Crippen molar-refractivity contribution in [2.75, 3.05) is 0 Å². The van der Waals surface area contributed by atoms with Crippen LogP contribution in [0.15, 0.2) is 0 Å². The van der Waals surface area contributed by atoms with E-state index in [0.29, 0.717) is 0 Å². The first-order valence-electron chi connectivity index (χ1n) is 5.33. The Labute approximate surface area is 71.4 Å². The topological polar surface area (TPSA) is 0 Å². The Morgan fingerprint density at radius 1 is 1.09 bits per heavy atom. The van der Waals surface area contributed by atoms with Crippen molar-refractivity contribution in [3.05, 3.63) is 0 Å². The van der Waals surface area contributed by atoms with Crippen LogP contribution >= 0.6 is 0 Å². The molecule has 0 atom stereocenters. The zero-order valence-electron chi connectivity index (χ0n) is 8.10. The molecule has 0 aromatic heterocycles. The van der Waals surface area contributed by atoms with Gasteiger partial charge in [-0.1, -0.05) is 58.8 Å². The maximum atomic E-state index is 2.40. The molecule has 0 heteroatoms. The average molecular weight is 154 g/mol. The van der Waals surface area contributed by atoms with Gasteiger partial charge in [0, 0.05) is 0 Å². The summed E-state index contributed by atoms with van der Waals surface area (Å²) < 4.78 is 0. The third-order valence-corrected chi connectivity index (χ3v) is 3.10. The standard InChI is InChI=1S/C11H22/c1-3-4-5-11-8-6-10(2)7-9-11/h10-11H,3-9H2,1-2H3. The lowest BCUT2D eigenvalue weighted by atomic mass is 9.81. The van der Waals surface area contributed by atoms with Gasteiger partial charge in [0.15, 0.2) is 0 Å². The fraction of sp³-hybridized carbons (Fsp3) is 1.00. The van der Waals surface area contributed by atoms with Crippen molar-refractivity contribution in [2.24, 2.45) is 11.8 Å². The van der Waals surface area contributed by atoms with Gasteiger partial charge in [-0.15, -0.1) is 0 Å². The van der Waals surface area contributed by atoms with Gasteiger partial charge in [-0.2, -0.15) is 0 Å². The molecule has 0 aromatic carbocycles. The fourth-order valence-electron chi connectivity index (χ4n) is 2.11.